The molecule has 23 heavy (non-hydrogen) atoms. The standard InChI is InChI=1S/C18H15OPS3/c19-20(13-7-3-1-4-8-13,14-9-5-2-6-10-14)18-16(22)11-15(21)12-17(18)23/h1-12,21-23H. The number of hydrogen-bond acceptors (Lipinski definition) is 4. The van der Waals surface area contributed by atoms with Crippen LogP contribution in [0.25, 0.3) is 0 Å². The minimum Gasteiger partial charge on any atom is -0.309 e. The second-order valence-corrected chi connectivity index (χ2v) is 9.29. The van der Waals surface area contributed by atoms with E-state index < -0.39 is 7.14 Å². The van der Waals surface area contributed by atoms with Crippen LogP contribution in [0.1, 0.15) is 0 Å². The summed E-state index contributed by atoms with van der Waals surface area (Å²) in [6.45, 7) is 0. The fourth-order valence-corrected chi connectivity index (χ4v) is 7.28. The predicted molar refractivity (Wildman–Crippen MR) is 108 cm³/mol. The maximum atomic E-state index is 14.2. The van der Waals surface area contributed by atoms with Crippen LogP contribution in [0.15, 0.2) is 87.5 Å². The fraction of sp³-hybridized carbons (Fsp3) is 0. The molecule has 0 saturated carbocycles. The van der Waals surface area contributed by atoms with Gasteiger partial charge in [-0.25, -0.2) is 0 Å². The first-order valence-corrected chi connectivity index (χ1v) is 10.0. The maximum absolute atomic E-state index is 14.2. The van der Waals surface area contributed by atoms with Crippen LogP contribution in [0, 0.1) is 0 Å². The normalized spacial score (nSPS) is 11.4. The number of rotatable bonds is 3. The molecule has 0 unspecified atom stereocenters. The summed E-state index contributed by atoms with van der Waals surface area (Å²) < 4.78 is 14.2. The molecule has 0 aliphatic carbocycles. The minimum atomic E-state index is -3.06. The lowest BCUT2D eigenvalue weighted by atomic mass is 10.3. The molecule has 0 bridgehead atoms. The van der Waals surface area contributed by atoms with Gasteiger partial charge in [0.05, 0.1) is 0 Å². The third kappa shape index (κ3) is 3.14. The average Bonchev–Trinajstić information content (AvgIpc) is 2.55. The van der Waals surface area contributed by atoms with Crippen LogP contribution in [0.5, 0.6) is 0 Å². The molecule has 0 aliphatic heterocycles. The molecule has 3 aromatic carbocycles. The fourth-order valence-electron chi connectivity index (χ4n) is 2.60. The molecule has 0 aromatic heterocycles. The Balaban J connectivity index is 2.38. The lowest BCUT2D eigenvalue weighted by Gasteiger charge is -2.23. The Bertz CT molecular complexity index is 813. The van der Waals surface area contributed by atoms with E-state index in [1.807, 2.05) is 60.7 Å². The summed E-state index contributed by atoms with van der Waals surface area (Å²) in [5.74, 6) is 0. The van der Waals surface area contributed by atoms with E-state index in [-0.39, 0.29) is 0 Å². The lowest BCUT2D eigenvalue weighted by Crippen LogP contribution is -2.27. The van der Waals surface area contributed by atoms with Crippen LogP contribution < -0.4 is 15.9 Å². The highest BCUT2D eigenvalue weighted by molar-refractivity contribution is 7.89. The van der Waals surface area contributed by atoms with Crippen LogP contribution in [-0.4, -0.2) is 0 Å². The van der Waals surface area contributed by atoms with Gasteiger partial charge in [0.15, 0.2) is 7.14 Å². The van der Waals surface area contributed by atoms with Crippen molar-refractivity contribution in [2.24, 2.45) is 0 Å². The summed E-state index contributed by atoms with van der Waals surface area (Å²) in [5.41, 5.74) is 0. The van der Waals surface area contributed by atoms with Gasteiger partial charge in [-0.3, -0.25) is 0 Å². The van der Waals surface area contributed by atoms with Crippen molar-refractivity contribution in [3.63, 3.8) is 0 Å². The summed E-state index contributed by atoms with van der Waals surface area (Å²) in [4.78, 5) is 2.02. The van der Waals surface area contributed by atoms with Crippen LogP contribution in [0.3, 0.4) is 0 Å². The van der Waals surface area contributed by atoms with E-state index in [0.29, 0.717) is 15.1 Å². The molecule has 5 heteroatoms. The van der Waals surface area contributed by atoms with Gasteiger partial charge in [-0.1, -0.05) is 60.7 Å². The molecule has 1 nitrogen and oxygen atoms in total. The van der Waals surface area contributed by atoms with Crippen LogP contribution in [0.4, 0.5) is 0 Å². The molecule has 0 N–H and O–H groups in total. The second kappa shape index (κ2) is 6.82. The highest BCUT2D eigenvalue weighted by Gasteiger charge is 2.33. The molecule has 0 fully saturated rings. The first kappa shape index (κ1) is 16.8. The largest absolute Gasteiger partial charge is 0.309 e. The monoisotopic (exact) mass is 374 g/mol. The van der Waals surface area contributed by atoms with Crippen LogP contribution in [-0.2, 0) is 4.57 Å². The Hall–Kier alpha value is -1.06. The van der Waals surface area contributed by atoms with Crippen molar-refractivity contribution in [2.75, 3.05) is 0 Å². The highest BCUT2D eigenvalue weighted by atomic mass is 32.1. The first-order valence-electron chi connectivity index (χ1n) is 7.00. The molecule has 0 radical (unpaired) electrons. The van der Waals surface area contributed by atoms with Crippen molar-refractivity contribution in [3.05, 3.63) is 72.8 Å². The van der Waals surface area contributed by atoms with Gasteiger partial charge in [-0.05, 0) is 12.1 Å². The van der Waals surface area contributed by atoms with Gasteiger partial charge in [0, 0.05) is 30.6 Å². The van der Waals surface area contributed by atoms with E-state index in [1.54, 1.807) is 12.1 Å². The number of hydrogen-bond donors (Lipinski definition) is 3. The predicted octanol–water partition coefficient (Wildman–Crippen LogP) is 4.19. The Morgan fingerprint density at radius 2 is 1.04 bits per heavy atom. The molecule has 0 aliphatic rings. The Morgan fingerprint density at radius 3 is 1.43 bits per heavy atom. The second-order valence-electron chi connectivity index (χ2n) is 5.11. The lowest BCUT2D eigenvalue weighted by molar-refractivity contribution is 0.592. The molecule has 3 rings (SSSR count). The number of benzene rings is 3. The molecule has 3 aromatic rings. The Kier molecular flexibility index (Phi) is 4.98. The molecule has 0 heterocycles. The summed E-state index contributed by atoms with van der Waals surface area (Å²) in [6.07, 6.45) is 0. The van der Waals surface area contributed by atoms with Crippen molar-refractivity contribution in [2.45, 2.75) is 14.7 Å². The molecule has 116 valence electrons. The SMILES string of the molecule is O=P(c1ccccc1)(c1ccccc1)c1c(S)cc(S)cc1S. The zero-order chi connectivity index (χ0) is 16.4. The van der Waals surface area contributed by atoms with Gasteiger partial charge in [-0.2, -0.15) is 0 Å². The van der Waals surface area contributed by atoms with Gasteiger partial charge >= 0.3 is 0 Å². The highest BCUT2D eigenvalue weighted by Crippen LogP contribution is 2.46. The van der Waals surface area contributed by atoms with E-state index in [1.165, 1.54) is 0 Å². The molecule has 0 atom stereocenters. The van der Waals surface area contributed by atoms with E-state index in [2.05, 4.69) is 37.9 Å². The smallest absolute Gasteiger partial charge is 0.173 e. The molecular weight excluding hydrogens is 359 g/mol. The van der Waals surface area contributed by atoms with Gasteiger partial charge in [0.1, 0.15) is 0 Å². The van der Waals surface area contributed by atoms with E-state index in [0.717, 1.165) is 15.5 Å². The van der Waals surface area contributed by atoms with Crippen LogP contribution >= 0.6 is 45.0 Å². The summed E-state index contributed by atoms with van der Waals surface area (Å²) in [6, 6.07) is 22.6. The third-order valence-electron chi connectivity index (χ3n) is 3.61. The maximum Gasteiger partial charge on any atom is 0.173 e. The van der Waals surface area contributed by atoms with Gasteiger partial charge < -0.3 is 4.57 Å². The Morgan fingerprint density at radius 1 is 0.652 bits per heavy atom. The van der Waals surface area contributed by atoms with E-state index >= 15 is 0 Å². The quantitative estimate of drug-likeness (QED) is 0.463. The molecular formula is C18H15OPS3. The first-order chi connectivity index (χ1) is 11.0. The molecule has 0 saturated heterocycles. The molecule has 0 spiro atoms. The topological polar surface area (TPSA) is 17.1 Å². The van der Waals surface area contributed by atoms with Gasteiger partial charge in [0.25, 0.3) is 0 Å². The van der Waals surface area contributed by atoms with Crippen molar-refractivity contribution in [1.29, 1.82) is 0 Å². The molecule has 0 amide bonds. The van der Waals surface area contributed by atoms with Crippen LogP contribution in [0.2, 0.25) is 0 Å². The summed E-state index contributed by atoms with van der Waals surface area (Å²) in [5, 5.41) is 2.19. The van der Waals surface area contributed by atoms with E-state index in [4.69, 9.17) is 0 Å². The number of thiol groups is 3. The van der Waals surface area contributed by atoms with Crippen molar-refractivity contribution in [1.82, 2.24) is 0 Å². The van der Waals surface area contributed by atoms with Crippen molar-refractivity contribution < 1.29 is 4.57 Å². The van der Waals surface area contributed by atoms with Crippen molar-refractivity contribution in [3.8, 4) is 0 Å². The average molecular weight is 374 g/mol. The summed E-state index contributed by atoms with van der Waals surface area (Å²) >= 11 is 13.5. The van der Waals surface area contributed by atoms with E-state index in [9.17, 15) is 4.57 Å². The Labute approximate surface area is 152 Å². The summed E-state index contributed by atoms with van der Waals surface area (Å²) in [7, 11) is -3.06. The zero-order valence-corrected chi connectivity index (χ0v) is 15.7. The van der Waals surface area contributed by atoms with Gasteiger partial charge in [0.2, 0.25) is 0 Å². The van der Waals surface area contributed by atoms with Gasteiger partial charge in [-0.15, -0.1) is 37.9 Å². The minimum absolute atomic E-state index is 0.638. The van der Waals surface area contributed by atoms with Crippen molar-refractivity contribution >= 4 is 60.9 Å². The third-order valence-corrected chi connectivity index (χ3v) is 8.09. The zero-order valence-electron chi connectivity index (χ0n) is 12.1.